The van der Waals surface area contributed by atoms with E-state index in [-0.39, 0.29) is 5.52 Å². The maximum atomic E-state index is 12.6. The van der Waals surface area contributed by atoms with Crippen LogP contribution in [-0.4, -0.2) is 30.6 Å². The molecule has 1 N–H and O–H groups in total. The number of aromatic amines is 1. The van der Waals surface area contributed by atoms with Gasteiger partial charge >= 0.3 is 5.69 Å². The molecule has 3 heterocycles. The van der Waals surface area contributed by atoms with Crippen molar-refractivity contribution < 1.29 is 4.74 Å². The summed E-state index contributed by atoms with van der Waals surface area (Å²) in [5.74, 6) is 1.10. The van der Waals surface area contributed by atoms with Gasteiger partial charge in [-0.15, -0.1) is 0 Å². The van der Waals surface area contributed by atoms with Crippen molar-refractivity contribution in [1.29, 1.82) is 0 Å². The zero-order valence-electron chi connectivity index (χ0n) is 16.1. The highest BCUT2D eigenvalue weighted by molar-refractivity contribution is 6.30. The van der Waals surface area contributed by atoms with E-state index in [9.17, 15) is 9.59 Å². The van der Waals surface area contributed by atoms with Crippen molar-refractivity contribution in [3.8, 4) is 22.7 Å². The van der Waals surface area contributed by atoms with E-state index >= 15 is 0 Å². The minimum Gasteiger partial charge on any atom is -0.495 e. The van der Waals surface area contributed by atoms with Gasteiger partial charge in [-0.05, 0) is 24.3 Å². The quantitative estimate of drug-likeness (QED) is 0.485. The van der Waals surface area contributed by atoms with Gasteiger partial charge in [0.25, 0.3) is 5.56 Å². The summed E-state index contributed by atoms with van der Waals surface area (Å²) < 4.78 is 10.4. The molecule has 0 amide bonds. The van der Waals surface area contributed by atoms with E-state index in [2.05, 4.69) is 9.97 Å². The lowest BCUT2D eigenvalue weighted by molar-refractivity contribution is 0.413. The molecule has 8 nitrogen and oxygen atoms in total. The first-order valence-corrected chi connectivity index (χ1v) is 9.49. The number of hydrogen-bond donors (Lipinski definition) is 1. The molecular formula is C21H16ClN5O3. The van der Waals surface area contributed by atoms with E-state index in [0.717, 1.165) is 16.9 Å². The largest absolute Gasteiger partial charge is 0.495 e. The number of ether oxygens (including phenoxy) is 1. The van der Waals surface area contributed by atoms with Gasteiger partial charge in [-0.3, -0.25) is 23.3 Å². The van der Waals surface area contributed by atoms with Crippen molar-refractivity contribution in [2.45, 2.75) is 0 Å². The van der Waals surface area contributed by atoms with Crippen LogP contribution in [-0.2, 0) is 7.05 Å². The van der Waals surface area contributed by atoms with E-state index in [1.54, 1.807) is 24.6 Å². The number of rotatable bonds is 3. The number of aryl methyl sites for hydroxylation is 1. The number of benzene rings is 2. The number of methoxy groups -OCH3 is 1. The first-order valence-electron chi connectivity index (χ1n) is 9.11. The fourth-order valence-corrected chi connectivity index (χ4v) is 3.85. The fraction of sp³-hybridized carbons (Fsp3) is 0.0952. The lowest BCUT2D eigenvalue weighted by atomic mass is 10.1. The Balaban J connectivity index is 1.98. The Hall–Kier alpha value is -3.78. The van der Waals surface area contributed by atoms with Crippen LogP contribution in [0.15, 0.2) is 64.3 Å². The van der Waals surface area contributed by atoms with Crippen LogP contribution < -0.4 is 16.0 Å². The molecule has 0 fully saturated rings. The maximum absolute atomic E-state index is 12.6. The zero-order valence-corrected chi connectivity index (χ0v) is 16.8. The fourth-order valence-electron chi connectivity index (χ4n) is 3.66. The van der Waals surface area contributed by atoms with Crippen LogP contribution in [0.5, 0.6) is 5.75 Å². The van der Waals surface area contributed by atoms with Crippen LogP contribution in [0.2, 0.25) is 5.02 Å². The van der Waals surface area contributed by atoms with Gasteiger partial charge in [0.2, 0.25) is 5.78 Å². The Morgan fingerprint density at radius 1 is 1.10 bits per heavy atom. The number of fused-ring (bicyclic) bond motifs is 3. The summed E-state index contributed by atoms with van der Waals surface area (Å²) in [6.45, 7) is 0. The average Bonchev–Trinajstić information content (AvgIpc) is 3.28. The van der Waals surface area contributed by atoms with E-state index in [1.807, 2.05) is 53.2 Å². The average molecular weight is 422 g/mol. The minimum absolute atomic E-state index is 0.282. The molecule has 30 heavy (non-hydrogen) atoms. The van der Waals surface area contributed by atoms with Gasteiger partial charge in [0.1, 0.15) is 5.75 Å². The summed E-state index contributed by atoms with van der Waals surface area (Å²) in [5.41, 5.74) is 1.89. The zero-order chi connectivity index (χ0) is 21.0. The van der Waals surface area contributed by atoms with Crippen LogP contribution in [0, 0.1) is 0 Å². The molecule has 0 spiro atoms. The van der Waals surface area contributed by atoms with Gasteiger partial charge < -0.3 is 4.74 Å². The summed E-state index contributed by atoms with van der Waals surface area (Å²) >= 11 is 6.23. The summed E-state index contributed by atoms with van der Waals surface area (Å²) in [5, 5.41) is 0.586. The third kappa shape index (κ3) is 2.57. The second-order valence-corrected chi connectivity index (χ2v) is 7.24. The Bertz CT molecular complexity index is 1560. The number of halogens is 1. The molecule has 5 aromatic rings. The standard InChI is InChI=1S/C21H16ClN5O3/c1-25-18-17(19(28)24-21(25)29)26-11-15(12-6-5-7-13(22)10-12)27(20(26)23-18)14-8-3-4-9-16(14)30-2/h3-11H,1-2H3,(H,24,28,29). The van der Waals surface area contributed by atoms with Gasteiger partial charge in [0.05, 0.1) is 18.5 Å². The topological polar surface area (TPSA) is 86.3 Å². The van der Waals surface area contributed by atoms with E-state index in [4.69, 9.17) is 16.3 Å². The van der Waals surface area contributed by atoms with Crippen molar-refractivity contribution in [1.82, 2.24) is 23.5 Å². The van der Waals surface area contributed by atoms with E-state index < -0.39 is 11.2 Å². The third-order valence-electron chi connectivity index (χ3n) is 5.07. The van der Waals surface area contributed by atoms with Gasteiger partial charge in [-0.1, -0.05) is 35.9 Å². The summed E-state index contributed by atoms with van der Waals surface area (Å²) in [6.07, 6.45) is 1.81. The maximum Gasteiger partial charge on any atom is 0.329 e. The van der Waals surface area contributed by atoms with Crippen molar-refractivity contribution in [2.75, 3.05) is 7.11 Å². The smallest absolute Gasteiger partial charge is 0.329 e. The van der Waals surface area contributed by atoms with E-state index in [1.165, 1.54) is 4.57 Å². The number of imidazole rings is 2. The first-order chi connectivity index (χ1) is 14.5. The Morgan fingerprint density at radius 2 is 1.90 bits per heavy atom. The number of H-pyrrole nitrogens is 1. The molecule has 0 radical (unpaired) electrons. The summed E-state index contributed by atoms with van der Waals surface area (Å²) in [6, 6.07) is 14.9. The summed E-state index contributed by atoms with van der Waals surface area (Å²) in [7, 11) is 3.16. The monoisotopic (exact) mass is 421 g/mol. The number of nitrogens with zero attached hydrogens (tertiary/aromatic N) is 4. The molecule has 0 aliphatic heterocycles. The van der Waals surface area contributed by atoms with Crippen molar-refractivity contribution in [3.63, 3.8) is 0 Å². The van der Waals surface area contributed by atoms with Gasteiger partial charge in [-0.2, -0.15) is 4.98 Å². The molecule has 3 aromatic heterocycles. The van der Waals surface area contributed by atoms with Crippen molar-refractivity contribution in [2.24, 2.45) is 7.05 Å². The molecule has 0 aliphatic rings. The molecule has 0 atom stereocenters. The lowest BCUT2D eigenvalue weighted by Gasteiger charge is -2.13. The first kappa shape index (κ1) is 18.3. The molecule has 0 saturated heterocycles. The molecule has 0 bridgehead atoms. The van der Waals surface area contributed by atoms with Gasteiger partial charge in [-0.25, -0.2) is 4.79 Å². The van der Waals surface area contributed by atoms with Crippen LogP contribution in [0.1, 0.15) is 0 Å². The Morgan fingerprint density at radius 3 is 2.67 bits per heavy atom. The van der Waals surface area contributed by atoms with Gasteiger partial charge in [0.15, 0.2) is 11.2 Å². The molecule has 2 aromatic carbocycles. The van der Waals surface area contributed by atoms with Crippen LogP contribution in [0.3, 0.4) is 0 Å². The highest BCUT2D eigenvalue weighted by atomic mass is 35.5. The molecule has 5 rings (SSSR count). The SMILES string of the molecule is COc1ccccc1-n1c(-c2cccc(Cl)c2)cn2c3c(=O)[nH]c(=O)n(C)c3nc12. The second-order valence-electron chi connectivity index (χ2n) is 6.80. The number of aromatic nitrogens is 5. The van der Waals surface area contributed by atoms with Crippen molar-refractivity contribution in [3.05, 3.63) is 80.6 Å². The third-order valence-corrected chi connectivity index (χ3v) is 5.31. The predicted molar refractivity (Wildman–Crippen MR) is 115 cm³/mol. The number of hydrogen-bond acceptors (Lipinski definition) is 4. The van der Waals surface area contributed by atoms with Crippen LogP contribution >= 0.6 is 11.6 Å². The van der Waals surface area contributed by atoms with Gasteiger partial charge in [0, 0.05) is 23.8 Å². The summed E-state index contributed by atoms with van der Waals surface area (Å²) in [4.78, 5) is 31.6. The normalized spacial score (nSPS) is 11.4. The Kier molecular flexibility index (Phi) is 4.04. The minimum atomic E-state index is -0.521. The second kappa shape index (κ2) is 6.64. The molecular weight excluding hydrogens is 406 g/mol. The molecule has 0 aliphatic carbocycles. The number of nitrogens with one attached hydrogen (secondary N) is 1. The lowest BCUT2D eigenvalue weighted by Crippen LogP contribution is -2.28. The van der Waals surface area contributed by atoms with Crippen molar-refractivity contribution >= 4 is 28.5 Å². The number of para-hydroxylation sites is 2. The Labute approximate surface area is 174 Å². The van der Waals surface area contributed by atoms with E-state index in [0.29, 0.717) is 22.2 Å². The van der Waals surface area contributed by atoms with Crippen LogP contribution in [0.4, 0.5) is 0 Å². The highest BCUT2D eigenvalue weighted by Gasteiger charge is 2.22. The predicted octanol–water partition coefficient (Wildman–Crippen LogP) is 2.99. The molecule has 0 unspecified atom stereocenters. The molecule has 0 saturated carbocycles. The highest BCUT2D eigenvalue weighted by Crippen LogP contribution is 2.33. The molecule has 9 heteroatoms. The molecule has 150 valence electrons. The van der Waals surface area contributed by atoms with Crippen LogP contribution in [0.25, 0.3) is 33.9 Å².